The summed E-state index contributed by atoms with van der Waals surface area (Å²) >= 11 is 15.8. The van der Waals surface area contributed by atoms with E-state index in [0.29, 0.717) is 10.0 Å². The highest BCUT2D eigenvalue weighted by molar-refractivity contribution is 7.81. The van der Waals surface area contributed by atoms with Gasteiger partial charge in [-0.25, -0.2) is 0 Å². The predicted molar refractivity (Wildman–Crippen MR) is 310 cm³/mol. The first-order chi connectivity index (χ1) is 32.2. The topological polar surface area (TPSA) is 13.0 Å². The fourth-order valence-electron chi connectivity index (χ4n) is 11.4. The second-order valence-electron chi connectivity index (χ2n) is 19.5. The number of benzene rings is 8. The van der Waals surface area contributed by atoms with Crippen LogP contribution in [0, 0.1) is 55.4 Å². The van der Waals surface area contributed by atoms with E-state index in [0.717, 1.165) is 21.6 Å². The number of aryl methyl sites for hydroxylation is 8. The van der Waals surface area contributed by atoms with Crippen LogP contribution in [0.1, 0.15) is 44.5 Å². The van der Waals surface area contributed by atoms with Crippen molar-refractivity contribution in [1.82, 2.24) is 0 Å². The molecule has 0 saturated carbocycles. The van der Waals surface area contributed by atoms with Gasteiger partial charge in [0.05, 0.1) is 10.0 Å². The number of nitrogens with zero attached hydrogens (tertiary/aromatic N) is 4. The smallest absolute Gasteiger partial charge is 0.0688 e. The molecule has 8 heteroatoms. The molecule has 0 radical (unpaired) electrons. The summed E-state index contributed by atoms with van der Waals surface area (Å²) in [5.74, 6) is 0. The van der Waals surface area contributed by atoms with Crippen molar-refractivity contribution in [3.05, 3.63) is 164 Å². The Labute approximate surface area is 419 Å². The van der Waals surface area contributed by atoms with Crippen LogP contribution in [-0.2, 0) is 0 Å². The molecule has 0 unspecified atom stereocenters. The molecule has 0 aromatic heterocycles. The van der Waals surface area contributed by atoms with E-state index in [9.17, 15) is 0 Å². The lowest BCUT2D eigenvalue weighted by Crippen LogP contribution is -2.29. The van der Waals surface area contributed by atoms with E-state index in [1.54, 1.807) is 0 Å². The molecule has 0 aliphatic heterocycles. The van der Waals surface area contributed by atoms with Gasteiger partial charge >= 0.3 is 0 Å². The van der Waals surface area contributed by atoms with Gasteiger partial charge in [0, 0.05) is 95.4 Å². The van der Waals surface area contributed by atoms with Crippen LogP contribution in [0.25, 0.3) is 32.7 Å². The zero-order valence-electron chi connectivity index (χ0n) is 42.8. The van der Waals surface area contributed by atoms with E-state index in [2.05, 4.69) is 241 Å². The van der Waals surface area contributed by atoms with E-state index < -0.39 is 15.8 Å². The summed E-state index contributed by atoms with van der Waals surface area (Å²) in [4.78, 5) is 8.96. The summed E-state index contributed by atoms with van der Waals surface area (Å²) in [6.07, 6.45) is 0. The van der Waals surface area contributed by atoms with Gasteiger partial charge in [-0.15, -0.1) is 0 Å². The van der Waals surface area contributed by atoms with E-state index in [-0.39, 0.29) is 0 Å². The standard InChI is InChI=1S/C60H66Cl2N4P2/c1-35-27-44(28-36(2)56(35)63(9)10)67(45-29-37(3)57(64(11)12)38(4)30-45)51-26-25-43-21-17-18-22-48(43)52(51)53-49-23-19-20-24-50(49)54(61)55(62)60(53)68(46-31-39(5)58(65(13)14)40(6)32-46)47-33-41(7)59(66(15)16)42(8)34-47/h17-34H,1-16H3. The zero-order valence-corrected chi connectivity index (χ0v) is 46.1. The lowest BCUT2D eigenvalue weighted by Gasteiger charge is -2.32. The van der Waals surface area contributed by atoms with Crippen LogP contribution < -0.4 is 51.4 Å². The fraction of sp³-hybridized carbons (Fsp3) is 0.267. The van der Waals surface area contributed by atoms with E-state index in [1.807, 2.05) is 0 Å². The molecule has 350 valence electrons. The van der Waals surface area contributed by atoms with Crippen LogP contribution >= 0.6 is 39.0 Å². The quantitative estimate of drug-likeness (QED) is 0.120. The number of anilines is 4. The molecule has 0 aliphatic carbocycles. The molecule has 8 rings (SSSR count). The maximum absolute atomic E-state index is 8.10. The first kappa shape index (κ1) is 49.3. The van der Waals surface area contributed by atoms with Gasteiger partial charge in [0.1, 0.15) is 0 Å². The average Bonchev–Trinajstić information content (AvgIpc) is 3.24. The number of fused-ring (bicyclic) bond motifs is 2. The molecule has 0 aliphatic rings. The van der Waals surface area contributed by atoms with Crippen LogP contribution in [0.4, 0.5) is 22.7 Å². The highest BCUT2D eigenvalue weighted by Crippen LogP contribution is 2.51. The van der Waals surface area contributed by atoms with Crippen molar-refractivity contribution in [1.29, 1.82) is 0 Å². The number of halogens is 2. The van der Waals surface area contributed by atoms with Crippen molar-refractivity contribution in [3.8, 4) is 11.1 Å². The molecule has 0 heterocycles. The predicted octanol–water partition coefficient (Wildman–Crippen LogP) is 13.2. The normalized spacial score (nSPS) is 11.6. The van der Waals surface area contributed by atoms with Gasteiger partial charge in [-0.05, 0) is 213 Å². The summed E-state index contributed by atoms with van der Waals surface area (Å²) in [6.45, 7) is 18.0. The van der Waals surface area contributed by atoms with Gasteiger partial charge in [-0.1, -0.05) is 83.9 Å². The van der Waals surface area contributed by atoms with Crippen molar-refractivity contribution in [2.45, 2.75) is 55.4 Å². The second kappa shape index (κ2) is 19.4. The minimum atomic E-state index is -1.33. The third-order valence-corrected chi connectivity index (χ3v) is 19.3. The summed E-state index contributed by atoms with van der Waals surface area (Å²) < 4.78 is 0. The molecule has 0 spiro atoms. The lowest BCUT2D eigenvalue weighted by atomic mass is 9.93. The number of rotatable bonds is 11. The molecular formula is C60H66Cl2N4P2. The third-order valence-electron chi connectivity index (χ3n) is 13.4. The highest BCUT2D eigenvalue weighted by atomic mass is 35.5. The Hall–Kier alpha value is -5.08. The first-order valence-electron chi connectivity index (χ1n) is 23.4. The van der Waals surface area contributed by atoms with Gasteiger partial charge in [-0.2, -0.15) is 0 Å². The van der Waals surface area contributed by atoms with Crippen molar-refractivity contribution in [2.75, 3.05) is 76.0 Å². The van der Waals surface area contributed by atoms with Crippen molar-refractivity contribution in [2.24, 2.45) is 0 Å². The van der Waals surface area contributed by atoms with Crippen LogP contribution in [-0.4, -0.2) is 56.4 Å². The maximum atomic E-state index is 8.10. The third kappa shape index (κ3) is 8.77. The van der Waals surface area contributed by atoms with Gasteiger partial charge in [0.2, 0.25) is 0 Å². The van der Waals surface area contributed by atoms with Crippen LogP contribution in [0.15, 0.2) is 109 Å². The summed E-state index contributed by atoms with van der Waals surface area (Å²) in [7, 11) is 14.6. The minimum absolute atomic E-state index is 0.588. The molecule has 0 bridgehead atoms. The Kier molecular flexibility index (Phi) is 14.1. The van der Waals surface area contributed by atoms with Crippen molar-refractivity contribution < 1.29 is 0 Å². The molecule has 8 aromatic rings. The Bertz CT molecular complexity index is 3060. The van der Waals surface area contributed by atoms with Crippen LogP contribution in [0.5, 0.6) is 0 Å². The molecule has 0 saturated heterocycles. The SMILES string of the molecule is Cc1cc(P(c2cc(C)c(N(C)C)c(C)c2)c2ccc3ccccc3c2-c2c(P(c3cc(C)c(N(C)C)c(C)c3)c3cc(C)c(N(C)C)c(C)c3)c(Cl)c(Cl)c3ccccc23)cc(C)c1N(C)C. The van der Waals surface area contributed by atoms with Gasteiger partial charge in [-0.3, -0.25) is 0 Å². The zero-order chi connectivity index (χ0) is 49.2. The maximum Gasteiger partial charge on any atom is 0.0688 e. The van der Waals surface area contributed by atoms with Gasteiger partial charge in [0.15, 0.2) is 0 Å². The van der Waals surface area contributed by atoms with Gasteiger partial charge in [0.25, 0.3) is 0 Å². The largest absolute Gasteiger partial charge is 0.377 e. The molecule has 68 heavy (non-hydrogen) atoms. The Morgan fingerprint density at radius 1 is 0.338 bits per heavy atom. The molecule has 8 aromatic carbocycles. The fourth-order valence-corrected chi connectivity index (χ4v) is 17.9. The van der Waals surface area contributed by atoms with Crippen molar-refractivity contribution in [3.63, 3.8) is 0 Å². The number of hydrogen-bond acceptors (Lipinski definition) is 4. The van der Waals surface area contributed by atoms with Gasteiger partial charge < -0.3 is 19.6 Å². The summed E-state index contributed by atoms with van der Waals surface area (Å²) in [5.41, 5.74) is 17.3. The van der Waals surface area contributed by atoms with Crippen molar-refractivity contribution >= 4 is 115 Å². The van der Waals surface area contributed by atoms with E-state index >= 15 is 0 Å². The second-order valence-corrected chi connectivity index (χ2v) is 24.6. The summed E-state index contributed by atoms with van der Waals surface area (Å²) in [5, 5.41) is 13.1. The monoisotopic (exact) mass is 974 g/mol. The van der Waals surface area contributed by atoms with Crippen LogP contribution in [0.3, 0.4) is 0 Å². The highest BCUT2D eigenvalue weighted by Gasteiger charge is 2.33. The van der Waals surface area contributed by atoms with E-state index in [4.69, 9.17) is 23.2 Å². The minimum Gasteiger partial charge on any atom is -0.377 e. The molecule has 0 atom stereocenters. The molecular weight excluding hydrogens is 910 g/mol. The Morgan fingerprint density at radius 2 is 0.662 bits per heavy atom. The van der Waals surface area contributed by atoms with Crippen LogP contribution in [0.2, 0.25) is 10.0 Å². The Balaban J connectivity index is 1.61. The molecule has 0 N–H and O–H groups in total. The Morgan fingerprint density at radius 3 is 1.03 bits per heavy atom. The first-order valence-corrected chi connectivity index (χ1v) is 26.8. The summed E-state index contributed by atoms with van der Waals surface area (Å²) in [6, 6.07) is 41.8. The number of hydrogen-bond donors (Lipinski definition) is 0. The molecule has 0 amide bonds. The average molecular weight is 976 g/mol. The lowest BCUT2D eigenvalue weighted by molar-refractivity contribution is 1.10. The molecule has 4 nitrogen and oxygen atoms in total. The molecule has 0 fully saturated rings. The van der Waals surface area contributed by atoms with E-state index in [1.165, 1.54) is 110 Å².